The first-order valence-electron chi connectivity index (χ1n) is 14.7. The molecule has 4 aromatic heterocycles. The molecule has 218 valence electrons. The van der Waals surface area contributed by atoms with Gasteiger partial charge in [0, 0.05) is 66.7 Å². The molecule has 7 heterocycles. The summed E-state index contributed by atoms with van der Waals surface area (Å²) in [5.41, 5.74) is 9.45. The van der Waals surface area contributed by atoms with E-state index in [0.717, 1.165) is 61.4 Å². The van der Waals surface area contributed by atoms with Gasteiger partial charge in [0.05, 0.1) is 42.6 Å². The van der Waals surface area contributed by atoms with Crippen LogP contribution in [0.3, 0.4) is 0 Å². The zero-order valence-corrected chi connectivity index (χ0v) is 23.9. The van der Waals surface area contributed by atoms with Gasteiger partial charge >= 0.3 is 0 Å². The highest BCUT2D eigenvalue weighted by Crippen LogP contribution is 2.73. The quantitative estimate of drug-likeness (QED) is 0.319. The number of rotatable bonds is 9. The fourth-order valence-electron chi connectivity index (χ4n) is 7.83. The largest absolute Gasteiger partial charge is 0.491 e. The van der Waals surface area contributed by atoms with Crippen molar-refractivity contribution in [3.8, 4) is 28.8 Å². The van der Waals surface area contributed by atoms with E-state index in [4.69, 9.17) is 20.2 Å². The van der Waals surface area contributed by atoms with Gasteiger partial charge in [-0.1, -0.05) is 6.07 Å². The van der Waals surface area contributed by atoms with Crippen LogP contribution in [0.2, 0.25) is 0 Å². The van der Waals surface area contributed by atoms with Gasteiger partial charge in [-0.3, -0.25) is 9.69 Å². The number of hydrogen-bond acceptors (Lipinski definition) is 9. The van der Waals surface area contributed by atoms with Crippen LogP contribution in [0.25, 0.3) is 16.6 Å². The van der Waals surface area contributed by atoms with Gasteiger partial charge in [-0.25, -0.2) is 14.5 Å². The minimum absolute atomic E-state index is 0.0333. The van der Waals surface area contributed by atoms with Crippen LogP contribution in [0.15, 0.2) is 55.1 Å². The van der Waals surface area contributed by atoms with Crippen molar-refractivity contribution in [3.05, 3.63) is 66.2 Å². The number of nitrogens with two attached hydrogens (primary N) is 1. The lowest BCUT2D eigenvalue weighted by atomic mass is 9.35. The number of piperazine rings is 1. The lowest BCUT2D eigenvalue weighted by Crippen LogP contribution is -2.69. The highest BCUT2D eigenvalue weighted by atomic mass is 16.5. The summed E-state index contributed by atoms with van der Waals surface area (Å²) in [6, 6.07) is 13.3. The molecule has 0 radical (unpaired) electrons. The molecule has 6 fully saturated rings. The van der Waals surface area contributed by atoms with E-state index in [1.54, 1.807) is 17.8 Å². The number of ether oxygens (including phenoxy) is 2. The van der Waals surface area contributed by atoms with Crippen LogP contribution >= 0.6 is 0 Å². The summed E-state index contributed by atoms with van der Waals surface area (Å²) in [6.45, 7) is 3.28. The zero-order chi connectivity index (χ0) is 29.3. The number of fused-ring (bicyclic) bond motifs is 3. The van der Waals surface area contributed by atoms with Crippen LogP contribution in [0.4, 0.5) is 5.82 Å². The second-order valence-corrected chi connectivity index (χ2v) is 12.8. The van der Waals surface area contributed by atoms with Crippen LogP contribution < -0.4 is 20.1 Å². The fourth-order valence-corrected chi connectivity index (χ4v) is 7.83. The zero-order valence-electron chi connectivity index (χ0n) is 23.9. The van der Waals surface area contributed by atoms with E-state index < -0.39 is 0 Å². The molecule has 3 saturated carbocycles. The molecule has 0 spiro atoms. The maximum Gasteiger partial charge on any atom is 0.223 e. The first-order chi connectivity index (χ1) is 20.9. The molecule has 0 aromatic carbocycles. The van der Waals surface area contributed by atoms with Crippen molar-refractivity contribution in [1.29, 1.82) is 5.26 Å². The Morgan fingerprint density at radius 3 is 2.58 bits per heavy atom. The van der Waals surface area contributed by atoms with Crippen molar-refractivity contribution in [2.24, 2.45) is 16.6 Å². The van der Waals surface area contributed by atoms with E-state index in [2.05, 4.69) is 44.2 Å². The van der Waals surface area contributed by atoms with E-state index in [9.17, 15) is 10.1 Å². The summed E-state index contributed by atoms with van der Waals surface area (Å²) in [5, 5.41) is 14.2. The Bertz CT molecular complexity index is 1750. The summed E-state index contributed by atoms with van der Waals surface area (Å²) in [6.07, 6.45) is 10.8. The Labute approximate surface area is 248 Å². The normalized spacial score (nSPS) is 27.0. The minimum Gasteiger partial charge on any atom is -0.491 e. The number of pyridine rings is 3. The molecular weight excluding hydrogens is 544 g/mol. The van der Waals surface area contributed by atoms with E-state index in [1.165, 1.54) is 12.0 Å². The van der Waals surface area contributed by atoms with Gasteiger partial charge in [-0.2, -0.15) is 10.4 Å². The first kappa shape index (κ1) is 26.0. The van der Waals surface area contributed by atoms with Gasteiger partial charge < -0.3 is 20.1 Å². The molecule has 3 aliphatic heterocycles. The third kappa shape index (κ3) is 4.12. The van der Waals surface area contributed by atoms with Crippen molar-refractivity contribution in [2.75, 3.05) is 31.7 Å². The van der Waals surface area contributed by atoms with E-state index in [1.807, 2.05) is 30.7 Å². The van der Waals surface area contributed by atoms with Gasteiger partial charge in [0.25, 0.3) is 0 Å². The minimum atomic E-state index is -0.309. The molecule has 2 N–H and O–H groups in total. The highest BCUT2D eigenvalue weighted by Gasteiger charge is 2.71. The summed E-state index contributed by atoms with van der Waals surface area (Å²) in [4.78, 5) is 25.8. The molecule has 11 nitrogen and oxygen atoms in total. The fraction of sp³-hybridized carbons (Fsp3) is 0.406. The van der Waals surface area contributed by atoms with E-state index in [0.29, 0.717) is 35.9 Å². The van der Waals surface area contributed by atoms with Gasteiger partial charge in [0.15, 0.2) is 0 Å². The number of nitrogens with zero attached hydrogens (tertiary/aromatic N) is 7. The molecule has 4 bridgehead atoms. The topological polar surface area (TPSA) is 135 Å². The van der Waals surface area contributed by atoms with Gasteiger partial charge in [0.1, 0.15) is 17.6 Å². The summed E-state index contributed by atoms with van der Waals surface area (Å²) in [7, 11) is 1.63. The smallest absolute Gasteiger partial charge is 0.223 e. The van der Waals surface area contributed by atoms with Crippen LogP contribution in [0.1, 0.15) is 36.8 Å². The second-order valence-electron chi connectivity index (χ2n) is 12.8. The highest BCUT2D eigenvalue weighted by molar-refractivity contribution is 5.86. The molecule has 4 aromatic rings. The predicted molar refractivity (Wildman–Crippen MR) is 157 cm³/mol. The predicted octanol–water partition coefficient (Wildman–Crippen LogP) is 3.17. The van der Waals surface area contributed by atoms with Crippen molar-refractivity contribution < 1.29 is 14.3 Å². The summed E-state index contributed by atoms with van der Waals surface area (Å²) >= 11 is 0. The van der Waals surface area contributed by atoms with Gasteiger partial charge in [-0.15, -0.1) is 0 Å². The average Bonchev–Trinajstić information content (AvgIpc) is 3.41. The van der Waals surface area contributed by atoms with Crippen molar-refractivity contribution >= 4 is 17.2 Å². The Kier molecular flexibility index (Phi) is 5.68. The molecule has 2 unspecified atom stereocenters. The number of nitriles is 1. The van der Waals surface area contributed by atoms with Crippen molar-refractivity contribution in [3.63, 3.8) is 0 Å². The lowest BCUT2D eigenvalue weighted by molar-refractivity contribution is -0.214. The van der Waals surface area contributed by atoms with Crippen LogP contribution in [0, 0.1) is 22.2 Å². The average molecular weight is 577 g/mol. The maximum atomic E-state index is 11.7. The number of carbonyl (C=O) groups excluding carboxylic acids is 1. The number of anilines is 1. The summed E-state index contributed by atoms with van der Waals surface area (Å²) < 4.78 is 13.1. The molecule has 10 rings (SSSR count). The monoisotopic (exact) mass is 576 g/mol. The second kappa shape index (κ2) is 9.41. The third-order valence-corrected chi connectivity index (χ3v) is 10.0. The summed E-state index contributed by atoms with van der Waals surface area (Å²) in [5.74, 6) is 2.06. The third-order valence-electron chi connectivity index (χ3n) is 10.0. The van der Waals surface area contributed by atoms with Crippen molar-refractivity contribution in [1.82, 2.24) is 24.5 Å². The number of piperidine rings is 1. The van der Waals surface area contributed by atoms with E-state index in [-0.39, 0.29) is 16.7 Å². The molecule has 11 heteroatoms. The molecule has 2 atom stereocenters. The Balaban J connectivity index is 0.979. The number of amides is 1. The molecule has 6 aliphatic rings. The Morgan fingerprint density at radius 2 is 1.93 bits per heavy atom. The number of primary amides is 1. The molecule has 3 aliphatic carbocycles. The lowest BCUT2D eigenvalue weighted by Gasteiger charge is -2.68. The van der Waals surface area contributed by atoms with Crippen molar-refractivity contribution in [2.45, 2.75) is 44.3 Å². The Morgan fingerprint density at radius 1 is 1.12 bits per heavy atom. The SMILES string of the molecule is COc1ccc(CN2C3CC2CN(c2ccc(-c4cc(OCC56CC(C(N)=O)(C5)C6)cn5ncc(C#N)c45)cn2)C3)cn1. The van der Waals surface area contributed by atoms with Gasteiger partial charge in [-0.05, 0) is 49.4 Å². The molecule has 3 saturated heterocycles. The first-order valence-corrected chi connectivity index (χ1v) is 14.7. The number of aromatic nitrogens is 4. The standard InChI is InChI=1S/C32H32N8O3/c1-42-28-5-2-20(9-36-28)12-39-23-6-24(39)14-38(13-23)27-4-3-21(10-35-27)26-7-25(15-40-29(26)22(8-33)11-37-40)43-19-31-16-32(17-31,18-31)30(34)41/h2-5,7,9-11,15,23-24H,6,12-14,16-19H2,1H3,(H2,34,41). The number of carbonyl (C=O) groups is 1. The van der Waals surface area contributed by atoms with E-state index >= 15 is 0 Å². The maximum absolute atomic E-state index is 11.7. The van der Waals surface area contributed by atoms with Crippen LogP contribution in [-0.2, 0) is 11.3 Å². The Hall–Kier alpha value is -4.69. The number of methoxy groups -OCH3 is 1. The molecular formula is C32H32N8O3. The molecule has 1 amide bonds. The number of hydrogen-bond donors (Lipinski definition) is 1. The molecule has 43 heavy (non-hydrogen) atoms. The van der Waals surface area contributed by atoms with Gasteiger partial charge in [0.2, 0.25) is 11.8 Å². The van der Waals surface area contributed by atoms with Crippen LogP contribution in [0.5, 0.6) is 11.6 Å². The van der Waals surface area contributed by atoms with Crippen LogP contribution in [-0.4, -0.2) is 69.3 Å².